The normalized spacial score (nSPS) is 15.4. The van der Waals surface area contributed by atoms with Gasteiger partial charge in [-0.15, -0.1) is 17.5 Å². The SMILES string of the molecule is CC(C)CCn1cc(C(=O)N2CCNCC2)nn1.Cl. The van der Waals surface area contributed by atoms with Crippen LogP contribution in [-0.4, -0.2) is 52.0 Å². The molecule has 1 aliphatic rings. The molecule has 1 amide bonds. The molecule has 0 aliphatic carbocycles. The van der Waals surface area contributed by atoms with E-state index in [1.54, 1.807) is 10.9 Å². The molecule has 0 unspecified atom stereocenters. The molecule has 1 N–H and O–H groups in total. The van der Waals surface area contributed by atoms with Crippen LogP contribution < -0.4 is 5.32 Å². The summed E-state index contributed by atoms with van der Waals surface area (Å²) in [5.74, 6) is 0.619. The first-order chi connectivity index (χ1) is 8.66. The maximum atomic E-state index is 12.1. The van der Waals surface area contributed by atoms with Crippen molar-refractivity contribution >= 4 is 18.3 Å². The van der Waals surface area contributed by atoms with Crippen LogP contribution >= 0.6 is 12.4 Å². The number of amides is 1. The molecule has 108 valence electrons. The minimum absolute atomic E-state index is 0. The predicted molar refractivity (Wildman–Crippen MR) is 75.5 cm³/mol. The highest BCUT2D eigenvalue weighted by Gasteiger charge is 2.20. The minimum atomic E-state index is -0.00713. The Morgan fingerprint density at radius 2 is 2.11 bits per heavy atom. The van der Waals surface area contributed by atoms with Crippen molar-refractivity contribution in [3.8, 4) is 0 Å². The number of nitrogens with one attached hydrogen (secondary N) is 1. The fourth-order valence-corrected chi connectivity index (χ4v) is 1.93. The van der Waals surface area contributed by atoms with Crippen molar-refractivity contribution in [2.24, 2.45) is 5.92 Å². The summed E-state index contributed by atoms with van der Waals surface area (Å²) in [5, 5.41) is 11.2. The Morgan fingerprint density at radius 3 is 2.74 bits per heavy atom. The Morgan fingerprint density at radius 1 is 1.42 bits per heavy atom. The van der Waals surface area contributed by atoms with E-state index in [1.165, 1.54) is 0 Å². The summed E-state index contributed by atoms with van der Waals surface area (Å²) in [6, 6.07) is 0. The monoisotopic (exact) mass is 287 g/mol. The van der Waals surface area contributed by atoms with E-state index >= 15 is 0 Å². The topological polar surface area (TPSA) is 63.1 Å². The third kappa shape index (κ3) is 4.47. The van der Waals surface area contributed by atoms with Gasteiger partial charge in [0.05, 0.1) is 6.20 Å². The lowest BCUT2D eigenvalue weighted by Crippen LogP contribution is -2.46. The molecular formula is C12H22ClN5O. The zero-order chi connectivity index (χ0) is 13.0. The summed E-state index contributed by atoms with van der Waals surface area (Å²) in [4.78, 5) is 14.0. The van der Waals surface area contributed by atoms with Crippen LogP contribution in [0.25, 0.3) is 0 Å². The fourth-order valence-electron chi connectivity index (χ4n) is 1.93. The Kier molecular flexibility index (Phi) is 6.24. The van der Waals surface area contributed by atoms with Crippen molar-refractivity contribution in [1.82, 2.24) is 25.2 Å². The van der Waals surface area contributed by atoms with Gasteiger partial charge in [0.25, 0.3) is 5.91 Å². The van der Waals surface area contributed by atoms with E-state index < -0.39 is 0 Å². The van der Waals surface area contributed by atoms with E-state index in [0.29, 0.717) is 11.6 Å². The third-order valence-electron chi connectivity index (χ3n) is 3.10. The van der Waals surface area contributed by atoms with Gasteiger partial charge in [-0.25, -0.2) is 0 Å². The van der Waals surface area contributed by atoms with Crippen LogP contribution in [0.5, 0.6) is 0 Å². The number of piperazine rings is 1. The molecule has 1 aliphatic heterocycles. The Hall–Kier alpha value is -1.14. The number of halogens is 1. The van der Waals surface area contributed by atoms with Gasteiger partial charge in [0.15, 0.2) is 5.69 Å². The third-order valence-corrected chi connectivity index (χ3v) is 3.10. The molecule has 7 heteroatoms. The van der Waals surface area contributed by atoms with Crippen LogP contribution in [0.2, 0.25) is 0 Å². The fraction of sp³-hybridized carbons (Fsp3) is 0.750. The van der Waals surface area contributed by atoms with Crippen LogP contribution in [0.3, 0.4) is 0 Å². The number of carbonyl (C=O) groups is 1. The van der Waals surface area contributed by atoms with E-state index in [-0.39, 0.29) is 18.3 Å². The van der Waals surface area contributed by atoms with Gasteiger partial charge in [0.1, 0.15) is 0 Å². The summed E-state index contributed by atoms with van der Waals surface area (Å²) < 4.78 is 1.76. The van der Waals surface area contributed by atoms with Crippen molar-refractivity contribution in [3.05, 3.63) is 11.9 Å². The second-order valence-electron chi connectivity index (χ2n) is 5.09. The number of nitrogens with zero attached hydrogens (tertiary/aromatic N) is 4. The summed E-state index contributed by atoms with van der Waals surface area (Å²) in [6.07, 6.45) is 2.80. The highest BCUT2D eigenvalue weighted by Crippen LogP contribution is 2.05. The second kappa shape index (κ2) is 7.45. The van der Waals surface area contributed by atoms with Crippen molar-refractivity contribution in [2.75, 3.05) is 26.2 Å². The number of rotatable bonds is 4. The maximum Gasteiger partial charge on any atom is 0.276 e. The van der Waals surface area contributed by atoms with Crippen molar-refractivity contribution in [2.45, 2.75) is 26.8 Å². The highest BCUT2D eigenvalue weighted by atomic mass is 35.5. The maximum absolute atomic E-state index is 12.1. The number of hydrogen-bond donors (Lipinski definition) is 1. The van der Waals surface area contributed by atoms with Gasteiger partial charge in [-0.3, -0.25) is 9.48 Å². The first-order valence-corrected chi connectivity index (χ1v) is 6.57. The molecule has 0 aromatic carbocycles. The molecule has 1 aromatic heterocycles. The lowest BCUT2D eigenvalue weighted by molar-refractivity contribution is 0.0729. The van der Waals surface area contributed by atoms with Gasteiger partial charge in [0, 0.05) is 32.7 Å². The molecule has 0 radical (unpaired) electrons. The highest BCUT2D eigenvalue weighted by molar-refractivity contribution is 5.92. The van der Waals surface area contributed by atoms with Gasteiger partial charge in [-0.2, -0.15) is 0 Å². The lowest BCUT2D eigenvalue weighted by Gasteiger charge is -2.26. The minimum Gasteiger partial charge on any atom is -0.335 e. The van der Waals surface area contributed by atoms with Gasteiger partial charge < -0.3 is 10.2 Å². The van der Waals surface area contributed by atoms with E-state index in [0.717, 1.165) is 39.1 Å². The van der Waals surface area contributed by atoms with Crippen LogP contribution in [0.15, 0.2) is 6.20 Å². The molecule has 1 aromatic rings. The van der Waals surface area contributed by atoms with E-state index in [4.69, 9.17) is 0 Å². The van der Waals surface area contributed by atoms with Crippen LogP contribution in [0.1, 0.15) is 30.8 Å². The zero-order valence-corrected chi connectivity index (χ0v) is 12.3. The summed E-state index contributed by atoms with van der Waals surface area (Å²) in [6.45, 7) is 8.36. The Bertz CT molecular complexity index is 401. The molecule has 1 saturated heterocycles. The predicted octanol–water partition coefficient (Wildman–Crippen LogP) is 0.791. The molecule has 2 heterocycles. The number of aryl methyl sites for hydroxylation is 1. The molecule has 0 spiro atoms. The van der Waals surface area contributed by atoms with Crippen molar-refractivity contribution in [3.63, 3.8) is 0 Å². The summed E-state index contributed by atoms with van der Waals surface area (Å²) in [5.41, 5.74) is 0.459. The van der Waals surface area contributed by atoms with E-state index in [2.05, 4.69) is 29.5 Å². The number of hydrogen-bond acceptors (Lipinski definition) is 4. The largest absolute Gasteiger partial charge is 0.335 e. The van der Waals surface area contributed by atoms with Crippen LogP contribution in [0.4, 0.5) is 0 Å². The van der Waals surface area contributed by atoms with Crippen LogP contribution in [-0.2, 0) is 6.54 Å². The average molecular weight is 288 g/mol. The van der Waals surface area contributed by atoms with Gasteiger partial charge in [0.2, 0.25) is 0 Å². The van der Waals surface area contributed by atoms with Gasteiger partial charge in [-0.1, -0.05) is 19.1 Å². The molecular weight excluding hydrogens is 266 g/mol. The standard InChI is InChI=1S/C12H21N5O.ClH/c1-10(2)3-6-17-9-11(14-15-17)12(18)16-7-4-13-5-8-16;/h9-10,13H,3-8H2,1-2H3;1H. The molecule has 0 saturated carbocycles. The molecule has 1 fully saturated rings. The molecule has 0 bridgehead atoms. The lowest BCUT2D eigenvalue weighted by atomic mass is 10.1. The van der Waals surface area contributed by atoms with Crippen molar-refractivity contribution < 1.29 is 4.79 Å². The molecule has 0 atom stereocenters. The first-order valence-electron chi connectivity index (χ1n) is 6.57. The number of carbonyl (C=O) groups excluding carboxylic acids is 1. The van der Waals surface area contributed by atoms with Gasteiger partial charge >= 0.3 is 0 Å². The Labute approximate surface area is 119 Å². The first kappa shape index (κ1) is 15.9. The van der Waals surface area contributed by atoms with Gasteiger partial charge in [-0.05, 0) is 12.3 Å². The van der Waals surface area contributed by atoms with Crippen molar-refractivity contribution in [1.29, 1.82) is 0 Å². The number of aromatic nitrogens is 3. The van der Waals surface area contributed by atoms with E-state index in [1.807, 2.05) is 4.90 Å². The molecule has 19 heavy (non-hydrogen) atoms. The molecule has 6 nitrogen and oxygen atoms in total. The second-order valence-corrected chi connectivity index (χ2v) is 5.09. The van der Waals surface area contributed by atoms with Crippen LogP contribution in [0, 0.1) is 5.92 Å². The molecule has 2 rings (SSSR count). The summed E-state index contributed by atoms with van der Waals surface area (Å²) >= 11 is 0. The zero-order valence-electron chi connectivity index (χ0n) is 11.5. The van der Waals surface area contributed by atoms with E-state index in [9.17, 15) is 4.79 Å². The quantitative estimate of drug-likeness (QED) is 0.889. The Balaban J connectivity index is 0.00000180. The average Bonchev–Trinajstić information content (AvgIpc) is 2.85. The summed E-state index contributed by atoms with van der Waals surface area (Å²) in [7, 11) is 0. The smallest absolute Gasteiger partial charge is 0.276 e.